The van der Waals surface area contributed by atoms with Gasteiger partial charge >= 0.3 is 0 Å². The van der Waals surface area contributed by atoms with E-state index in [1.165, 1.54) is 19.1 Å². The molecule has 0 atom stereocenters. The molecule has 3 heteroatoms. The Morgan fingerprint density at radius 1 is 1.33 bits per heavy atom. The smallest absolute Gasteiger partial charge is 0.154 e. The summed E-state index contributed by atoms with van der Waals surface area (Å²) in [5, 5.41) is 11.2. The minimum absolute atomic E-state index is 0.00948. The second kappa shape index (κ2) is 5.14. The molecule has 0 aromatic heterocycles. The van der Waals surface area contributed by atoms with E-state index < -0.39 is 0 Å². The first kappa shape index (κ1) is 10.4. The van der Waals surface area contributed by atoms with Crippen molar-refractivity contribution in [2.45, 2.75) is 20.8 Å². The molecule has 0 aliphatic rings. The van der Waals surface area contributed by atoms with E-state index in [2.05, 4.69) is 5.32 Å². The molecule has 3 nitrogen and oxygen atoms in total. The van der Waals surface area contributed by atoms with Gasteiger partial charge in [0.1, 0.15) is 0 Å². The van der Waals surface area contributed by atoms with E-state index in [1.54, 1.807) is 13.8 Å². The molecular formula is C9H12N2O. The Morgan fingerprint density at radius 2 is 1.92 bits per heavy atom. The molecule has 0 heterocycles. The molecule has 0 fully saturated rings. The van der Waals surface area contributed by atoms with Gasteiger partial charge in [-0.05, 0) is 26.8 Å². The zero-order valence-electron chi connectivity index (χ0n) is 7.51. The Bertz CT molecular complexity index is 269. The van der Waals surface area contributed by atoms with E-state index in [0.29, 0.717) is 0 Å². The number of carbonyl (C=O) groups excluding carboxylic acids is 1. The van der Waals surface area contributed by atoms with Crippen LogP contribution in [-0.4, -0.2) is 5.78 Å². The van der Waals surface area contributed by atoms with Gasteiger partial charge in [0.05, 0.1) is 6.07 Å². The van der Waals surface area contributed by atoms with Crippen LogP contribution in [0, 0.1) is 11.3 Å². The van der Waals surface area contributed by atoms with Crippen molar-refractivity contribution in [3.8, 4) is 6.07 Å². The molecule has 0 bridgehead atoms. The normalized spacial score (nSPS) is 12.2. The summed E-state index contributed by atoms with van der Waals surface area (Å²) in [4.78, 5) is 10.6. The number of hydrogen-bond acceptors (Lipinski definition) is 3. The summed E-state index contributed by atoms with van der Waals surface area (Å²) in [5.74, 6) is -0.00948. The standard InChI is InChI=1S/C9H12N2O/c1-7(4-5-10)11-8(2)6-9(3)12/h4,6,11H,1-3H3/b7-4+,8-6-. The molecule has 12 heavy (non-hydrogen) atoms. The Labute approximate surface area is 72.4 Å². The first-order valence-corrected chi connectivity index (χ1v) is 3.58. The van der Waals surface area contributed by atoms with Crippen molar-refractivity contribution in [1.29, 1.82) is 5.26 Å². The van der Waals surface area contributed by atoms with Crippen LogP contribution >= 0.6 is 0 Å². The summed E-state index contributed by atoms with van der Waals surface area (Å²) in [6, 6.07) is 1.89. The van der Waals surface area contributed by atoms with Gasteiger partial charge in [0.2, 0.25) is 0 Å². The highest BCUT2D eigenvalue weighted by Crippen LogP contribution is 1.93. The number of ketones is 1. The minimum Gasteiger partial charge on any atom is -0.362 e. The fourth-order valence-electron chi connectivity index (χ4n) is 0.785. The number of hydrogen-bond donors (Lipinski definition) is 1. The Kier molecular flexibility index (Phi) is 4.47. The Hall–Kier alpha value is -1.56. The van der Waals surface area contributed by atoms with Crippen LogP contribution in [0.15, 0.2) is 23.5 Å². The summed E-state index contributed by atoms with van der Waals surface area (Å²) < 4.78 is 0. The Balaban J connectivity index is 4.20. The zero-order valence-corrected chi connectivity index (χ0v) is 7.51. The SMILES string of the molecule is CC(=O)/C=C(/C)N/C(C)=C/C#N. The van der Waals surface area contributed by atoms with Crippen molar-refractivity contribution in [3.63, 3.8) is 0 Å². The topological polar surface area (TPSA) is 52.9 Å². The second-order valence-corrected chi connectivity index (χ2v) is 2.52. The first-order valence-electron chi connectivity index (χ1n) is 3.58. The number of nitrogens with zero attached hydrogens (tertiary/aromatic N) is 1. The maximum absolute atomic E-state index is 10.6. The van der Waals surface area contributed by atoms with Gasteiger partial charge in [-0.15, -0.1) is 0 Å². The molecule has 0 unspecified atom stereocenters. The van der Waals surface area contributed by atoms with Crippen LogP contribution < -0.4 is 5.32 Å². The van der Waals surface area contributed by atoms with Crippen molar-refractivity contribution >= 4 is 5.78 Å². The summed E-state index contributed by atoms with van der Waals surface area (Å²) in [6.07, 6.45) is 2.87. The van der Waals surface area contributed by atoms with Crippen molar-refractivity contribution in [3.05, 3.63) is 23.5 Å². The molecule has 0 rings (SSSR count). The highest BCUT2D eigenvalue weighted by molar-refractivity contribution is 5.87. The first-order chi connectivity index (χ1) is 5.56. The number of carbonyl (C=O) groups is 1. The molecular weight excluding hydrogens is 152 g/mol. The number of nitrogens with one attached hydrogen (secondary N) is 1. The van der Waals surface area contributed by atoms with Crippen molar-refractivity contribution in [2.24, 2.45) is 0 Å². The number of rotatable bonds is 3. The van der Waals surface area contributed by atoms with E-state index in [1.807, 2.05) is 6.07 Å². The van der Waals surface area contributed by atoms with Gasteiger partial charge in [-0.1, -0.05) is 0 Å². The average Bonchev–Trinajstić information content (AvgIpc) is 1.84. The van der Waals surface area contributed by atoms with E-state index >= 15 is 0 Å². The van der Waals surface area contributed by atoms with Gasteiger partial charge in [-0.2, -0.15) is 5.26 Å². The second-order valence-electron chi connectivity index (χ2n) is 2.52. The van der Waals surface area contributed by atoms with Gasteiger partial charge in [-0.25, -0.2) is 0 Å². The molecule has 0 spiro atoms. The van der Waals surface area contributed by atoms with Crippen LogP contribution in [0.1, 0.15) is 20.8 Å². The molecule has 0 saturated heterocycles. The van der Waals surface area contributed by atoms with Gasteiger partial charge in [0, 0.05) is 17.5 Å². The maximum Gasteiger partial charge on any atom is 0.154 e. The van der Waals surface area contributed by atoms with Crippen LogP contribution in [-0.2, 0) is 4.79 Å². The molecule has 0 amide bonds. The molecule has 0 aromatic carbocycles. The minimum atomic E-state index is -0.00948. The third-order valence-electron chi connectivity index (χ3n) is 1.10. The van der Waals surface area contributed by atoms with Crippen molar-refractivity contribution < 1.29 is 4.79 Å². The molecule has 0 saturated carbocycles. The summed E-state index contributed by atoms with van der Waals surface area (Å²) in [6.45, 7) is 5.02. The number of nitriles is 1. The van der Waals surface area contributed by atoms with Crippen LogP contribution in [0.3, 0.4) is 0 Å². The quantitative estimate of drug-likeness (QED) is 0.508. The van der Waals surface area contributed by atoms with Gasteiger partial charge < -0.3 is 5.32 Å². The lowest BCUT2D eigenvalue weighted by atomic mass is 10.3. The number of allylic oxidation sites excluding steroid dienone is 4. The van der Waals surface area contributed by atoms with E-state index in [-0.39, 0.29) is 5.78 Å². The monoisotopic (exact) mass is 164 g/mol. The predicted molar refractivity (Wildman–Crippen MR) is 46.9 cm³/mol. The maximum atomic E-state index is 10.6. The lowest BCUT2D eigenvalue weighted by Gasteiger charge is -2.03. The Morgan fingerprint density at radius 3 is 2.33 bits per heavy atom. The summed E-state index contributed by atoms with van der Waals surface area (Å²) in [5.41, 5.74) is 1.47. The van der Waals surface area contributed by atoms with Crippen LogP contribution in [0.2, 0.25) is 0 Å². The zero-order chi connectivity index (χ0) is 9.56. The molecule has 1 N–H and O–H groups in total. The van der Waals surface area contributed by atoms with E-state index in [4.69, 9.17) is 5.26 Å². The largest absolute Gasteiger partial charge is 0.362 e. The molecule has 0 aromatic rings. The van der Waals surface area contributed by atoms with E-state index in [9.17, 15) is 4.79 Å². The lowest BCUT2D eigenvalue weighted by Crippen LogP contribution is -2.08. The van der Waals surface area contributed by atoms with Gasteiger partial charge in [0.15, 0.2) is 5.78 Å². The van der Waals surface area contributed by atoms with Gasteiger partial charge in [-0.3, -0.25) is 4.79 Å². The fourth-order valence-corrected chi connectivity index (χ4v) is 0.785. The summed E-state index contributed by atoms with van der Waals surface area (Å²) >= 11 is 0. The summed E-state index contributed by atoms with van der Waals surface area (Å²) in [7, 11) is 0. The van der Waals surface area contributed by atoms with E-state index in [0.717, 1.165) is 11.4 Å². The van der Waals surface area contributed by atoms with Crippen LogP contribution in [0.5, 0.6) is 0 Å². The fraction of sp³-hybridized carbons (Fsp3) is 0.333. The molecule has 0 aliphatic carbocycles. The third kappa shape index (κ3) is 5.24. The molecule has 0 aliphatic heterocycles. The van der Waals surface area contributed by atoms with Crippen molar-refractivity contribution in [1.82, 2.24) is 5.32 Å². The van der Waals surface area contributed by atoms with Crippen molar-refractivity contribution in [2.75, 3.05) is 0 Å². The highest BCUT2D eigenvalue weighted by Gasteiger charge is 1.91. The lowest BCUT2D eigenvalue weighted by molar-refractivity contribution is -0.112. The highest BCUT2D eigenvalue weighted by atomic mass is 16.1. The average molecular weight is 164 g/mol. The van der Waals surface area contributed by atoms with Crippen LogP contribution in [0.25, 0.3) is 0 Å². The van der Waals surface area contributed by atoms with Gasteiger partial charge in [0.25, 0.3) is 0 Å². The molecule has 64 valence electrons. The predicted octanol–water partition coefficient (Wildman–Crippen LogP) is 1.50. The third-order valence-corrected chi connectivity index (χ3v) is 1.10. The molecule has 0 radical (unpaired) electrons. The van der Waals surface area contributed by atoms with Crippen LogP contribution in [0.4, 0.5) is 0 Å².